The summed E-state index contributed by atoms with van der Waals surface area (Å²) in [6, 6.07) is 17.6. The number of rotatable bonds is 7. The summed E-state index contributed by atoms with van der Waals surface area (Å²) < 4.78 is 1.96. The van der Waals surface area contributed by atoms with E-state index in [1.54, 1.807) is 12.4 Å². The maximum atomic E-state index is 12.5. The summed E-state index contributed by atoms with van der Waals surface area (Å²) in [4.78, 5) is 27.4. The summed E-state index contributed by atoms with van der Waals surface area (Å²) in [7, 11) is 0. The molecule has 2 aromatic heterocycles. The van der Waals surface area contributed by atoms with Crippen molar-refractivity contribution in [1.29, 1.82) is 0 Å². The van der Waals surface area contributed by atoms with Gasteiger partial charge in [-0.3, -0.25) is 9.78 Å². The second-order valence-corrected chi connectivity index (χ2v) is 7.91. The van der Waals surface area contributed by atoms with Crippen LogP contribution in [0, 0.1) is 6.92 Å². The summed E-state index contributed by atoms with van der Waals surface area (Å²) >= 11 is 1.29. The molecule has 9 heteroatoms. The fraction of sp³-hybridized carbons (Fsp3) is 0.0870. The van der Waals surface area contributed by atoms with Crippen molar-refractivity contribution in [2.24, 2.45) is 0 Å². The number of carboxylic acids is 1. The van der Waals surface area contributed by atoms with Gasteiger partial charge in [0.2, 0.25) is 5.91 Å². The molecule has 2 N–H and O–H groups in total. The number of carboxylic acid groups (broad SMARTS) is 1. The van der Waals surface area contributed by atoms with Crippen LogP contribution < -0.4 is 15.0 Å². The predicted octanol–water partition coefficient (Wildman–Crippen LogP) is 2.15. The number of thioether (sulfide) groups is 1. The van der Waals surface area contributed by atoms with Crippen LogP contribution in [0.3, 0.4) is 0 Å². The Labute approximate surface area is 188 Å². The highest BCUT2D eigenvalue weighted by molar-refractivity contribution is 7.99. The molecular weight excluding hydrogens is 426 g/mol. The lowest BCUT2D eigenvalue weighted by atomic mass is 10.2. The van der Waals surface area contributed by atoms with Crippen molar-refractivity contribution < 1.29 is 19.3 Å². The van der Waals surface area contributed by atoms with Gasteiger partial charge in [0.25, 0.3) is 5.82 Å². The Morgan fingerprint density at radius 2 is 1.72 bits per heavy atom. The zero-order chi connectivity index (χ0) is 22.5. The average Bonchev–Trinajstić information content (AvgIpc) is 3.23. The number of aryl methyl sites for hydroxylation is 1. The highest BCUT2D eigenvalue weighted by Crippen LogP contribution is 2.20. The molecule has 160 valence electrons. The summed E-state index contributed by atoms with van der Waals surface area (Å²) in [5, 5.41) is 21.7. The third-order valence-electron chi connectivity index (χ3n) is 4.65. The molecule has 2 aromatic carbocycles. The molecule has 4 rings (SSSR count). The van der Waals surface area contributed by atoms with Gasteiger partial charge in [-0.25, -0.2) is 0 Å². The number of H-pyrrole nitrogens is 1. The van der Waals surface area contributed by atoms with E-state index in [0.29, 0.717) is 10.8 Å². The minimum absolute atomic E-state index is 0.0525. The second-order valence-electron chi connectivity index (χ2n) is 6.96. The maximum Gasteiger partial charge on any atom is 0.342 e. The molecule has 0 fully saturated rings. The minimum atomic E-state index is -1.26. The number of aromatic amines is 1. The van der Waals surface area contributed by atoms with Crippen LogP contribution >= 0.6 is 11.8 Å². The zero-order valence-corrected chi connectivity index (χ0v) is 17.9. The Bertz CT molecular complexity index is 1240. The number of nitrogens with zero attached hydrogens (tertiary/aromatic N) is 3. The Morgan fingerprint density at radius 3 is 2.38 bits per heavy atom. The van der Waals surface area contributed by atoms with E-state index in [0.717, 1.165) is 22.6 Å². The number of aromatic nitrogens is 4. The quantitative estimate of drug-likeness (QED) is 0.333. The van der Waals surface area contributed by atoms with Gasteiger partial charge >= 0.3 is 5.16 Å². The predicted molar refractivity (Wildman–Crippen MR) is 118 cm³/mol. The van der Waals surface area contributed by atoms with Crippen LogP contribution in [-0.4, -0.2) is 32.8 Å². The van der Waals surface area contributed by atoms with E-state index in [9.17, 15) is 14.7 Å². The number of aromatic carboxylic acids is 1. The number of hydrogen-bond donors (Lipinski definition) is 2. The van der Waals surface area contributed by atoms with Gasteiger partial charge in [-0.1, -0.05) is 29.8 Å². The largest absolute Gasteiger partial charge is 0.545 e. The molecule has 0 saturated carbocycles. The van der Waals surface area contributed by atoms with Crippen molar-refractivity contribution in [3.05, 3.63) is 84.2 Å². The lowest BCUT2D eigenvalue weighted by Crippen LogP contribution is -2.34. The van der Waals surface area contributed by atoms with Crippen molar-refractivity contribution in [2.75, 3.05) is 11.1 Å². The molecule has 32 heavy (non-hydrogen) atoms. The number of nitrogens with one attached hydrogen (secondary N) is 2. The molecule has 8 nitrogen and oxygen atoms in total. The normalized spacial score (nSPS) is 10.7. The standard InChI is InChI=1S/C23H19N5O3S/c1-15-2-8-19(9-3-15)28-21(16-10-12-24-13-11-16)26-27-23(28)32-14-20(29)25-18-6-4-17(5-7-18)22(30)31/h2-13H,14H2,1H3,(H2,25,29,30,31). The SMILES string of the molecule is Cc1ccc(-[n+]2c(SCC(=O)Nc3ccc(C(=O)[O-])cc3)n[nH]c2-c2ccncc2)cc1. The molecule has 0 aliphatic heterocycles. The molecule has 0 aliphatic rings. The van der Waals surface area contributed by atoms with Gasteiger partial charge in [0.05, 0.1) is 22.4 Å². The number of pyridine rings is 1. The van der Waals surface area contributed by atoms with Crippen LogP contribution in [0.25, 0.3) is 17.1 Å². The first-order chi connectivity index (χ1) is 15.5. The van der Waals surface area contributed by atoms with E-state index < -0.39 is 5.97 Å². The third-order valence-corrected chi connectivity index (χ3v) is 5.59. The highest BCUT2D eigenvalue weighted by Gasteiger charge is 2.24. The molecule has 0 atom stereocenters. The number of benzene rings is 2. The van der Waals surface area contributed by atoms with Crippen LogP contribution in [-0.2, 0) is 4.79 Å². The number of amides is 1. The molecule has 0 radical (unpaired) electrons. The van der Waals surface area contributed by atoms with Crippen LogP contribution in [0.5, 0.6) is 0 Å². The molecule has 0 saturated heterocycles. The summed E-state index contributed by atoms with van der Waals surface area (Å²) in [5.74, 6) is -0.603. The van der Waals surface area contributed by atoms with Crippen LogP contribution in [0.15, 0.2) is 78.2 Å². The van der Waals surface area contributed by atoms with Gasteiger partial charge in [0.1, 0.15) is 5.69 Å². The van der Waals surface area contributed by atoms with E-state index in [4.69, 9.17) is 0 Å². The summed E-state index contributed by atoms with van der Waals surface area (Å²) in [5.41, 5.74) is 3.53. The Hall–Kier alpha value is -3.98. The number of carbonyl (C=O) groups is 2. The van der Waals surface area contributed by atoms with Crippen molar-refractivity contribution >= 4 is 29.3 Å². The van der Waals surface area contributed by atoms with Gasteiger partial charge in [0, 0.05) is 18.1 Å². The molecular formula is C23H19N5O3S. The van der Waals surface area contributed by atoms with Gasteiger partial charge in [-0.05, 0) is 60.6 Å². The van der Waals surface area contributed by atoms with Gasteiger partial charge in [-0.15, -0.1) is 5.10 Å². The van der Waals surface area contributed by atoms with Crippen molar-refractivity contribution in [1.82, 2.24) is 15.2 Å². The lowest BCUT2D eigenvalue weighted by molar-refractivity contribution is -0.625. The Balaban J connectivity index is 1.54. The number of hydrogen-bond acceptors (Lipinski definition) is 6. The maximum absolute atomic E-state index is 12.5. The lowest BCUT2D eigenvalue weighted by Gasteiger charge is -2.07. The summed E-state index contributed by atoms with van der Waals surface area (Å²) in [6.07, 6.45) is 3.42. The molecule has 0 aliphatic carbocycles. The van der Waals surface area contributed by atoms with Crippen molar-refractivity contribution in [3.63, 3.8) is 0 Å². The highest BCUT2D eigenvalue weighted by atomic mass is 32.2. The van der Waals surface area contributed by atoms with Gasteiger partial charge < -0.3 is 15.2 Å². The Morgan fingerprint density at radius 1 is 1.03 bits per heavy atom. The first-order valence-corrected chi connectivity index (χ1v) is 10.7. The fourth-order valence-electron chi connectivity index (χ4n) is 3.05. The van der Waals surface area contributed by atoms with Crippen molar-refractivity contribution in [2.45, 2.75) is 12.1 Å². The summed E-state index contributed by atoms with van der Waals surface area (Å²) in [6.45, 7) is 2.02. The van der Waals surface area contributed by atoms with E-state index in [1.807, 2.05) is 47.9 Å². The topological polar surface area (TPSA) is 115 Å². The average molecular weight is 446 g/mol. The first-order valence-electron chi connectivity index (χ1n) is 9.73. The molecule has 0 spiro atoms. The first kappa shape index (κ1) is 21.3. The number of carbonyl (C=O) groups excluding carboxylic acids is 2. The second kappa shape index (κ2) is 9.44. The fourth-order valence-corrected chi connectivity index (χ4v) is 3.82. The molecule has 2 heterocycles. The molecule has 0 bridgehead atoms. The molecule has 1 amide bonds. The third kappa shape index (κ3) is 4.84. The van der Waals surface area contributed by atoms with Gasteiger partial charge in [0.15, 0.2) is 0 Å². The monoisotopic (exact) mass is 445 g/mol. The molecule has 0 unspecified atom stereocenters. The van der Waals surface area contributed by atoms with E-state index in [-0.39, 0.29) is 17.2 Å². The van der Waals surface area contributed by atoms with E-state index in [1.165, 1.54) is 36.0 Å². The minimum Gasteiger partial charge on any atom is -0.545 e. The zero-order valence-electron chi connectivity index (χ0n) is 17.1. The smallest absolute Gasteiger partial charge is 0.342 e. The van der Waals surface area contributed by atoms with E-state index in [2.05, 4.69) is 20.5 Å². The van der Waals surface area contributed by atoms with Crippen molar-refractivity contribution in [3.8, 4) is 17.1 Å². The van der Waals surface area contributed by atoms with Gasteiger partial charge in [-0.2, -0.15) is 4.57 Å². The van der Waals surface area contributed by atoms with Crippen LogP contribution in [0.1, 0.15) is 15.9 Å². The molecule has 4 aromatic rings. The number of anilines is 1. The Kier molecular flexibility index (Phi) is 6.27. The van der Waals surface area contributed by atoms with E-state index >= 15 is 0 Å². The van der Waals surface area contributed by atoms with Crippen LogP contribution in [0.2, 0.25) is 0 Å². The van der Waals surface area contributed by atoms with Crippen LogP contribution in [0.4, 0.5) is 5.69 Å².